The highest BCUT2D eigenvalue weighted by atomic mass is 16.5. The largest absolute Gasteiger partial charge is 0.497 e. The molecule has 2 heteroatoms. The smallest absolute Gasteiger partial charge is 0.124 e. The fraction of sp³-hybridized carbons (Fsp3) is 0.214. The lowest BCUT2D eigenvalue weighted by atomic mass is 9.98. The first-order chi connectivity index (χ1) is 7.76. The highest BCUT2D eigenvalue weighted by Gasteiger charge is 2.04. The van der Waals surface area contributed by atoms with Crippen molar-refractivity contribution in [3.05, 3.63) is 41.5 Å². The third-order valence-electron chi connectivity index (χ3n) is 2.91. The molecule has 2 rings (SSSR count). The molecule has 0 fully saturated rings. The molecule has 0 aromatic heterocycles. The molecule has 0 aliphatic rings. The lowest BCUT2D eigenvalue weighted by molar-refractivity contribution is -0.107. The van der Waals surface area contributed by atoms with Gasteiger partial charge in [-0.1, -0.05) is 18.2 Å². The average molecular weight is 214 g/mol. The Morgan fingerprint density at radius 2 is 2.06 bits per heavy atom. The molecule has 0 N–H and O–H groups in total. The minimum absolute atomic E-state index is 0.480. The molecule has 0 bridgehead atoms. The Bertz CT molecular complexity index is 529. The Hall–Kier alpha value is -1.83. The van der Waals surface area contributed by atoms with E-state index in [0.717, 1.165) is 23.0 Å². The standard InChI is InChI=1S/C14H14O2/c1-10-11(7-8-15)3-4-12-9-13(16-2)5-6-14(10)12/h3-6,8-9H,7H2,1-2H3. The third-order valence-corrected chi connectivity index (χ3v) is 2.91. The number of benzene rings is 2. The van der Waals surface area contributed by atoms with Crippen LogP contribution in [0.25, 0.3) is 10.8 Å². The number of fused-ring (bicyclic) bond motifs is 1. The molecule has 2 aromatic carbocycles. The molecule has 0 unspecified atom stereocenters. The molecule has 82 valence electrons. The topological polar surface area (TPSA) is 26.3 Å². The summed E-state index contributed by atoms with van der Waals surface area (Å²) in [6, 6.07) is 10.0. The zero-order chi connectivity index (χ0) is 11.5. The van der Waals surface area contributed by atoms with Gasteiger partial charge in [-0.15, -0.1) is 0 Å². The molecule has 2 nitrogen and oxygen atoms in total. The first-order valence-electron chi connectivity index (χ1n) is 5.26. The number of ether oxygens (including phenoxy) is 1. The number of aryl methyl sites for hydroxylation is 1. The second kappa shape index (κ2) is 4.35. The molecule has 0 heterocycles. The highest BCUT2D eigenvalue weighted by molar-refractivity contribution is 5.88. The predicted molar refractivity (Wildman–Crippen MR) is 65.0 cm³/mol. The molecule has 0 radical (unpaired) electrons. The van der Waals surface area contributed by atoms with Crippen LogP contribution in [-0.4, -0.2) is 13.4 Å². The van der Waals surface area contributed by atoms with Crippen LogP contribution >= 0.6 is 0 Å². The first-order valence-corrected chi connectivity index (χ1v) is 5.26. The summed E-state index contributed by atoms with van der Waals surface area (Å²) < 4.78 is 5.18. The van der Waals surface area contributed by atoms with Crippen molar-refractivity contribution in [2.45, 2.75) is 13.3 Å². The monoisotopic (exact) mass is 214 g/mol. The quantitative estimate of drug-likeness (QED) is 0.734. The van der Waals surface area contributed by atoms with Gasteiger partial charge in [-0.3, -0.25) is 0 Å². The summed E-state index contributed by atoms with van der Waals surface area (Å²) in [4.78, 5) is 10.5. The summed E-state index contributed by atoms with van der Waals surface area (Å²) in [6.45, 7) is 2.05. The van der Waals surface area contributed by atoms with E-state index in [1.807, 2.05) is 37.3 Å². The van der Waals surface area contributed by atoms with Gasteiger partial charge in [0, 0.05) is 6.42 Å². The average Bonchev–Trinajstić information content (AvgIpc) is 2.32. The molecule has 16 heavy (non-hydrogen) atoms. The number of hydrogen-bond donors (Lipinski definition) is 0. The summed E-state index contributed by atoms with van der Waals surface area (Å²) in [6.07, 6.45) is 1.42. The number of carbonyl (C=O) groups excluding carboxylic acids is 1. The summed E-state index contributed by atoms with van der Waals surface area (Å²) >= 11 is 0. The molecule has 0 atom stereocenters. The second-order valence-electron chi connectivity index (χ2n) is 3.81. The molecular formula is C14H14O2. The highest BCUT2D eigenvalue weighted by Crippen LogP contribution is 2.25. The Labute approximate surface area is 94.8 Å². The van der Waals surface area contributed by atoms with E-state index in [2.05, 4.69) is 0 Å². The van der Waals surface area contributed by atoms with E-state index in [0.29, 0.717) is 6.42 Å². The van der Waals surface area contributed by atoms with Gasteiger partial charge >= 0.3 is 0 Å². The molecule has 0 amide bonds. The van der Waals surface area contributed by atoms with Crippen molar-refractivity contribution in [3.8, 4) is 5.75 Å². The van der Waals surface area contributed by atoms with E-state index in [4.69, 9.17) is 4.74 Å². The van der Waals surface area contributed by atoms with Crippen LogP contribution < -0.4 is 4.74 Å². The van der Waals surface area contributed by atoms with Gasteiger partial charge in [-0.05, 0) is 41.0 Å². The van der Waals surface area contributed by atoms with Crippen LogP contribution in [0.3, 0.4) is 0 Å². The zero-order valence-electron chi connectivity index (χ0n) is 9.49. The van der Waals surface area contributed by atoms with Crippen molar-refractivity contribution in [3.63, 3.8) is 0 Å². The molecule has 0 aliphatic heterocycles. The number of rotatable bonds is 3. The minimum Gasteiger partial charge on any atom is -0.497 e. The van der Waals surface area contributed by atoms with Gasteiger partial charge in [0.2, 0.25) is 0 Å². The van der Waals surface area contributed by atoms with Gasteiger partial charge in [0.15, 0.2) is 0 Å². The number of hydrogen-bond acceptors (Lipinski definition) is 2. The van der Waals surface area contributed by atoms with Gasteiger partial charge in [0.1, 0.15) is 12.0 Å². The van der Waals surface area contributed by atoms with E-state index in [-0.39, 0.29) is 0 Å². The molecule has 0 saturated carbocycles. The van der Waals surface area contributed by atoms with Crippen molar-refractivity contribution in [1.82, 2.24) is 0 Å². The lowest BCUT2D eigenvalue weighted by Crippen LogP contribution is -1.92. The predicted octanol–water partition coefficient (Wildman–Crippen LogP) is 2.90. The van der Waals surface area contributed by atoms with Gasteiger partial charge in [-0.2, -0.15) is 0 Å². The summed E-state index contributed by atoms with van der Waals surface area (Å²) in [5.41, 5.74) is 2.26. The number of methoxy groups -OCH3 is 1. The van der Waals surface area contributed by atoms with Crippen LogP contribution in [0.1, 0.15) is 11.1 Å². The van der Waals surface area contributed by atoms with Crippen LogP contribution in [0.15, 0.2) is 30.3 Å². The van der Waals surface area contributed by atoms with Crippen LogP contribution in [-0.2, 0) is 11.2 Å². The van der Waals surface area contributed by atoms with Crippen molar-refractivity contribution in [2.24, 2.45) is 0 Å². The van der Waals surface area contributed by atoms with Gasteiger partial charge in [0.25, 0.3) is 0 Å². The molecule has 0 saturated heterocycles. The molecule has 0 spiro atoms. The molecular weight excluding hydrogens is 200 g/mol. The van der Waals surface area contributed by atoms with Gasteiger partial charge in [0.05, 0.1) is 7.11 Å². The maximum Gasteiger partial charge on any atom is 0.124 e. The molecule has 2 aromatic rings. The summed E-state index contributed by atoms with van der Waals surface area (Å²) in [5, 5.41) is 2.33. The van der Waals surface area contributed by atoms with Crippen LogP contribution in [0.5, 0.6) is 5.75 Å². The third kappa shape index (κ3) is 1.78. The maximum absolute atomic E-state index is 10.5. The summed E-state index contributed by atoms with van der Waals surface area (Å²) in [7, 11) is 1.66. The van der Waals surface area contributed by atoms with E-state index in [1.165, 1.54) is 10.9 Å². The lowest BCUT2D eigenvalue weighted by Gasteiger charge is -2.08. The van der Waals surface area contributed by atoms with Crippen molar-refractivity contribution < 1.29 is 9.53 Å². The Morgan fingerprint density at radius 1 is 1.25 bits per heavy atom. The van der Waals surface area contributed by atoms with Gasteiger partial charge < -0.3 is 9.53 Å². The Balaban J connectivity index is 2.61. The van der Waals surface area contributed by atoms with E-state index >= 15 is 0 Å². The van der Waals surface area contributed by atoms with E-state index < -0.39 is 0 Å². The number of carbonyl (C=O) groups is 1. The van der Waals surface area contributed by atoms with Crippen LogP contribution in [0.2, 0.25) is 0 Å². The Morgan fingerprint density at radius 3 is 2.75 bits per heavy atom. The summed E-state index contributed by atoms with van der Waals surface area (Å²) in [5.74, 6) is 0.857. The zero-order valence-corrected chi connectivity index (χ0v) is 9.49. The van der Waals surface area contributed by atoms with Crippen molar-refractivity contribution >= 4 is 17.1 Å². The van der Waals surface area contributed by atoms with Crippen molar-refractivity contribution in [1.29, 1.82) is 0 Å². The van der Waals surface area contributed by atoms with Crippen molar-refractivity contribution in [2.75, 3.05) is 7.11 Å². The maximum atomic E-state index is 10.5. The second-order valence-corrected chi connectivity index (χ2v) is 3.81. The first kappa shape index (κ1) is 10.7. The Kier molecular flexibility index (Phi) is 2.91. The normalized spacial score (nSPS) is 10.4. The minimum atomic E-state index is 0.480. The van der Waals surface area contributed by atoms with Crippen LogP contribution in [0, 0.1) is 6.92 Å². The van der Waals surface area contributed by atoms with Gasteiger partial charge in [-0.25, -0.2) is 0 Å². The SMILES string of the molecule is COc1ccc2c(C)c(CC=O)ccc2c1. The van der Waals surface area contributed by atoms with E-state index in [1.54, 1.807) is 7.11 Å². The fourth-order valence-corrected chi connectivity index (χ4v) is 1.95. The molecule has 0 aliphatic carbocycles. The number of aldehydes is 1. The van der Waals surface area contributed by atoms with E-state index in [9.17, 15) is 4.79 Å². The fourth-order valence-electron chi connectivity index (χ4n) is 1.95. The van der Waals surface area contributed by atoms with Crippen LogP contribution in [0.4, 0.5) is 0 Å².